The minimum atomic E-state index is 0.317. The molecule has 1 aliphatic rings. The van der Waals surface area contributed by atoms with Gasteiger partial charge in [0.1, 0.15) is 6.10 Å². The Labute approximate surface area is 143 Å². The number of epoxide rings is 1. The van der Waals surface area contributed by atoms with Crippen molar-refractivity contribution in [3.05, 3.63) is 35.9 Å². The number of hydrogen-bond donors (Lipinski definition) is 0. The fraction of sp³-hybridized carbons (Fsp3) is 0.667. The molecule has 0 bridgehead atoms. The highest BCUT2D eigenvalue weighted by Crippen LogP contribution is 2.07. The normalized spacial score (nSPS) is 16.4. The maximum Gasteiger partial charge on any atom is 0.104 e. The van der Waals surface area contributed by atoms with Crippen molar-refractivity contribution in [1.82, 2.24) is 0 Å². The van der Waals surface area contributed by atoms with E-state index in [4.69, 9.17) is 28.4 Å². The van der Waals surface area contributed by atoms with Gasteiger partial charge in [-0.1, -0.05) is 30.3 Å². The van der Waals surface area contributed by atoms with Crippen molar-refractivity contribution in [3.63, 3.8) is 0 Å². The third-order valence-electron chi connectivity index (χ3n) is 3.31. The standard InChI is InChI=1S/C18H28O6/c1-2-4-17(5-3-1)14-22-12-10-20-8-6-19-7-9-21-11-13-23-15-18-16-24-18/h1-5,18H,6-16H2. The first kappa shape index (κ1) is 19.3. The summed E-state index contributed by atoms with van der Waals surface area (Å²) in [7, 11) is 0. The molecule has 1 aromatic rings. The van der Waals surface area contributed by atoms with Gasteiger partial charge in [-0.05, 0) is 5.56 Å². The molecule has 1 unspecified atom stereocenters. The number of hydrogen-bond acceptors (Lipinski definition) is 6. The summed E-state index contributed by atoms with van der Waals surface area (Å²) in [6.45, 7) is 6.76. The first-order valence-corrected chi connectivity index (χ1v) is 8.49. The molecule has 0 radical (unpaired) electrons. The van der Waals surface area contributed by atoms with Crippen molar-refractivity contribution in [1.29, 1.82) is 0 Å². The first-order chi connectivity index (χ1) is 11.9. The van der Waals surface area contributed by atoms with Crippen LogP contribution in [0.25, 0.3) is 0 Å². The van der Waals surface area contributed by atoms with Crippen LogP contribution in [0.3, 0.4) is 0 Å². The lowest BCUT2D eigenvalue weighted by Gasteiger charge is -2.07. The average molecular weight is 340 g/mol. The molecule has 0 aliphatic carbocycles. The number of ether oxygens (including phenoxy) is 6. The quantitative estimate of drug-likeness (QED) is 0.337. The van der Waals surface area contributed by atoms with Crippen LogP contribution in [0.5, 0.6) is 0 Å². The molecule has 0 amide bonds. The van der Waals surface area contributed by atoms with Crippen LogP contribution in [0.15, 0.2) is 30.3 Å². The Balaban J connectivity index is 1.23. The smallest absolute Gasteiger partial charge is 0.104 e. The van der Waals surface area contributed by atoms with Crippen LogP contribution < -0.4 is 0 Å². The minimum Gasteiger partial charge on any atom is -0.377 e. The largest absolute Gasteiger partial charge is 0.377 e. The van der Waals surface area contributed by atoms with Crippen molar-refractivity contribution in [2.24, 2.45) is 0 Å². The molecule has 1 saturated heterocycles. The number of rotatable bonds is 16. The van der Waals surface area contributed by atoms with E-state index in [-0.39, 0.29) is 0 Å². The summed E-state index contributed by atoms with van der Waals surface area (Å²) in [4.78, 5) is 0. The Morgan fingerprint density at radius 1 is 0.708 bits per heavy atom. The molecule has 0 N–H and O–H groups in total. The monoisotopic (exact) mass is 340 g/mol. The lowest BCUT2D eigenvalue weighted by Crippen LogP contribution is -2.13. The zero-order valence-corrected chi connectivity index (χ0v) is 14.2. The lowest BCUT2D eigenvalue weighted by molar-refractivity contribution is -0.0132. The zero-order valence-electron chi connectivity index (χ0n) is 14.2. The second kappa shape index (κ2) is 13.3. The Morgan fingerprint density at radius 2 is 1.21 bits per heavy atom. The Hall–Kier alpha value is -1.02. The zero-order chi connectivity index (χ0) is 16.7. The van der Waals surface area contributed by atoms with E-state index >= 15 is 0 Å². The Kier molecular flexibility index (Phi) is 10.7. The van der Waals surface area contributed by atoms with Crippen LogP contribution in [-0.4, -0.2) is 72.2 Å². The van der Waals surface area contributed by atoms with Gasteiger partial charge in [-0.3, -0.25) is 0 Å². The fourth-order valence-corrected chi connectivity index (χ4v) is 1.92. The Bertz CT molecular complexity index is 396. The highest BCUT2D eigenvalue weighted by molar-refractivity contribution is 5.13. The summed E-state index contributed by atoms with van der Waals surface area (Å²) in [5.41, 5.74) is 1.17. The van der Waals surface area contributed by atoms with Gasteiger partial charge in [0.05, 0.1) is 72.7 Å². The molecule has 0 saturated carbocycles. The number of benzene rings is 1. The summed E-state index contributed by atoms with van der Waals surface area (Å²) in [5, 5.41) is 0. The Morgan fingerprint density at radius 3 is 1.75 bits per heavy atom. The fourth-order valence-electron chi connectivity index (χ4n) is 1.92. The molecule has 24 heavy (non-hydrogen) atoms. The molecule has 0 spiro atoms. The summed E-state index contributed by atoms with van der Waals surface area (Å²) in [6.07, 6.45) is 0.317. The van der Waals surface area contributed by atoms with E-state index in [0.717, 1.165) is 6.61 Å². The second-order valence-corrected chi connectivity index (χ2v) is 5.41. The minimum absolute atomic E-state index is 0.317. The van der Waals surface area contributed by atoms with Crippen molar-refractivity contribution in [2.75, 3.05) is 66.1 Å². The van der Waals surface area contributed by atoms with Crippen LogP contribution in [0.2, 0.25) is 0 Å². The van der Waals surface area contributed by atoms with Crippen LogP contribution >= 0.6 is 0 Å². The molecular weight excluding hydrogens is 312 g/mol. The third-order valence-corrected chi connectivity index (χ3v) is 3.31. The van der Waals surface area contributed by atoms with Gasteiger partial charge >= 0.3 is 0 Å². The van der Waals surface area contributed by atoms with Gasteiger partial charge in [-0.25, -0.2) is 0 Å². The van der Waals surface area contributed by atoms with Gasteiger partial charge in [-0.15, -0.1) is 0 Å². The molecule has 136 valence electrons. The highest BCUT2D eigenvalue weighted by Gasteiger charge is 2.21. The van der Waals surface area contributed by atoms with Gasteiger partial charge < -0.3 is 28.4 Å². The molecule has 1 fully saturated rings. The van der Waals surface area contributed by atoms with E-state index in [1.54, 1.807) is 0 Å². The highest BCUT2D eigenvalue weighted by atomic mass is 16.6. The SMILES string of the molecule is c1ccc(COCCOCCOCCOCCOCC2CO2)cc1. The third kappa shape index (κ3) is 10.7. The molecule has 1 heterocycles. The summed E-state index contributed by atoms with van der Waals surface area (Å²) in [5.74, 6) is 0. The molecule has 2 rings (SSSR count). The first-order valence-electron chi connectivity index (χ1n) is 8.49. The maximum absolute atomic E-state index is 5.52. The molecule has 1 atom stereocenters. The van der Waals surface area contributed by atoms with Crippen LogP contribution in [-0.2, 0) is 35.0 Å². The molecule has 6 heteroatoms. The van der Waals surface area contributed by atoms with Gasteiger partial charge in [0.25, 0.3) is 0 Å². The van der Waals surface area contributed by atoms with Crippen LogP contribution in [0.4, 0.5) is 0 Å². The van der Waals surface area contributed by atoms with Crippen molar-refractivity contribution < 1.29 is 28.4 Å². The van der Waals surface area contributed by atoms with Gasteiger partial charge in [0.15, 0.2) is 0 Å². The molecule has 0 aromatic heterocycles. The predicted octanol–water partition coefficient (Wildman–Crippen LogP) is 1.67. The molecular formula is C18H28O6. The predicted molar refractivity (Wildman–Crippen MR) is 89.1 cm³/mol. The van der Waals surface area contributed by atoms with Gasteiger partial charge in [-0.2, -0.15) is 0 Å². The lowest BCUT2D eigenvalue weighted by atomic mass is 10.2. The van der Waals surface area contributed by atoms with E-state index in [0.29, 0.717) is 72.2 Å². The van der Waals surface area contributed by atoms with E-state index in [1.807, 2.05) is 30.3 Å². The molecule has 1 aromatic carbocycles. The van der Waals surface area contributed by atoms with Crippen molar-refractivity contribution in [3.8, 4) is 0 Å². The van der Waals surface area contributed by atoms with E-state index in [9.17, 15) is 0 Å². The van der Waals surface area contributed by atoms with E-state index in [2.05, 4.69) is 0 Å². The van der Waals surface area contributed by atoms with E-state index in [1.165, 1.54) is 5.56 Å². The van der Waals surface area contributed by atoms with Crippen molar-refractivity contribution >= 4 is 0 Å². The van der Waals surface area contributed by atoms with Crippen molar-refractivity contribution in [2.45, 2.75) is 12.7 Å². The van der Waals surface area contributed by atoms with Crippen LogP contribution in [0.1, 0.15) is 5.56 Å². The second-order valence-electron chi connectivity index (χ2n) is 5.41. The summed E-state index contributed by atoms with van der Waals surface area (Å²) >= 11 is 0. The summed E-state index contributed by atoms with van der Waals surface area (Å²) in [6, 6.07) is 10.1. The maximum atomic E-state index is 5.52. The topological polar surface area (TPSA) is 58.7 Å². The van der Waals surface area contributed by atoms with Gasteiger partial charge in [0, 0.05) is 0 Å². The molecule has 1 aliphatic heterocycles. The average Bonchev–Trinajstić information content (AvgIpc) is 3.43. The van der Waals surface area contributed by atoms with E-state index < -0.39 is 0 Å². The summed E-state index contributed by atoms with van der Waals surface area (Å²) < 4.78 is 32.2. The van der Waals surface area contributed by atoms with Gasteiger partial charge in [0.2, 0.25) is 0 Å². The van der Waals surface area contributed by atoms with Crippen LogP contribution in [0, 0.1) is 0 Å². The molecule has 6 nitrogen and oxygen atoms in total.